The fourth-order valence-electron chi connectivity index (χ4n) is 1.72. The summed E-state index contributed by atoms with van der Waals surface area (Å²) in [5.74, 6) is 0.449. The molecule has 0 aliphatic rings. The van der Waals surface area contributed by atoms with Gasteiger partial charge in [-0.25, -0.2) is 0 Å². The van der Waals surface area contributed by atoms with Gasteiger partial charge in [0.1, 0.15) is 0 Å². The van der Waals surface area contributed by atoms with E-state index in [1.807, 2.05) is 32.2 Å². The van der Waals surface area contributed by atoms with Crippen molar-refractivity contribution in [1.82, 2.24) is 5.32 Å². The van der Waals surface area contributed by atoms with Gasteiger partial charge in [-0.2, -0.15) is 0 Å². The summed E-state index contributed by atoms with van der Waals surface area (Å²) in [6.07, 6.45) is 0. The fourth-order valence-corrected chi connectivity index (χ4v) is 1.72. The maximum atomic E-state index is 12.2. The molecule has 0 fully saturated rings. The molecule has 1 unspecified atom stereocenters. The molecule has 2 N–H and O–H groups in total. The lowest BCUT2D eigenvalue weighted by atomic mass is 9.82. The van der Waals surface area contributed by atoms with Crippen molar-refractivity contribution in [1.29, 1.82) is 0 Å². The number of carbonyl (C=O) groups excluding carboxylic acids is 1. The Bertz CT molecular complexity index is 447. The maximum absolute atomic E-state index is 12.2. The van der Waals surface area contributed by atoms with Crippen LogP contribution in [0, 0.1) is 18.3 Å². The SMILES string of the molecule is CNc1ccc(C(=O)NCC(C)C(C)(C)C)c(C)c1. The van der Waals surface area contributed by atoms with E-state index in [-0.39, 0.29) is 11.3 Å². The number of hydrogen-bond acceptors (Lipinski definition) is 2. The molecule has 106 valence electrons. The van der Waals surface area contributed by atoms with Crippen molar-refractivity contribution >= 4 is 11.6 Å². The third-order valence-corrected chi connectivity index (χ3v) is 3.81. The van der Waals surface area contributed by atoms with Crippen LogP contribution in [0.5, 0.6) is 0 Å². The molecular weight excluding hydrogens is 236 g/mol. The van der Waals surface area contributed by atoms with E-state index in [0.717, 1.165) is 16.8 Å². The molecule has 0 saturated carbocycles. The van der Waals surface area contributed by atoms with Gasteiger partial charge in [-0.05, 0) is 42.0 Å². The quantitative estimate of drug-likeness (QED) is 0.872. The largest absolute Gasteiger partial charge is 0.388 e. The normalized spacial score (nSPS) is 12.9. The van der Waals surface area contributed by atoms with Gasteiger partial charge >= 0.3 is 0 Å². The number of aryl methyl sites for hydroxylation is 1. The summed E-state index contributed by atoms with van der Waals surface area (Å²) in [4.78, 5) is 12.2. The molecule has 3 heteroatoms. The lowest BCUT2D eigenvalue weighted by Crippen LogP contribution is -2.33. The Hall–Kier alpha value is -1.51. The van der Waals surface area contributed by atoms with Gasteiger partial charge in [0.25, 0.3) is 5.91 Å². The Morgan fingerprint density at radius 1 is 1.32 bits per heavy atom. The predicted molar refractivity (Wildman–Crippen MR) is 81.7 cm³/mol. The van der Waals surface area contributed by atoms with Crippen LogP contribution in [0.4, 0.5) is 5.69 Å². The summed E-state index contributed by atoms with van der Waals surface area (Å²) < 4.78 is 0. The molecule has 1 aromatic rings. The van der Waals surface area contributed by atoms with Gasteiger partial charge in [0.2, 0.25) is 0 Å². The van der Waals surface area contributed by atoms with Crippen LogP contribution >= 0.6 is 0 Å². The molecule has 0 saturated heterocycles. The first-order chi connectivity index (χ1) is 8.75. The predicted octanol–water partition coefficient (Wildman–Crippen LogP) is 3.45. The lowest BCUT2D eigenvalue weighted by Gasteiger charge is -2.27. The smallest absolute Gasteiger partial charge is 0.251 e. The molecule has 1 amide bonds. The Balaban J connectivity index is 2.69. The van der Waals surface area contributed by atoms with Gasteiger partial charge in [-0.1, -0.05) is 27.7 Å². The summed E-state index contributed by atoms with van der Waals surface area (Å²) in [7, 11) is 1.87. The minimum Gasteiger partial charge on any atom is -0.388 e. The Morgan fingerprint density at radius 2 is 1.95 bits per heavy atom. The molecule has 1 rings (SSSR count). The van der Waals surface area contributed by atoms with E-state index in [1.54, 1.807) is 0 Å². The number of carbonyl (C=O) groups is 1. The Kier molecular flexibility index (Phi) is 4.98. The van der Waals surface area contributed by atoms with E-state index >= 15 is 0 Å². The van der Waals surface area contributed by atoms with E-state index in [9.17, 15) is 4.79 Å². The average Bonchev–Trinajstić information content (AvgIpc) is 2.34. The minimum atomic E-state index is 0.0104. The standard InChI is InChI=1S/C16H26N2O/c1-11-9-13(17-6)7-8-14(11)15(19)18-10-12(2)16(3,4)5/h7-9,12,17H,10H2,1-6H3,(H,18,19). The van der Waals surface area contributed by atoms with Crippen LogP contribution in [0.25, 0.3) is 0 Å². The summed E-state index contributed by atoms with van der Waals surface area (Å²) in [6, 6.07) is 5.79. The molecule has 19 heavy (non-hydrogen) atoms. The van der Waals surface area contributed by atoms with Crippen LogP contribution in [-0.4, -0.2) is 19.5 Å². The Labute approximate surface area is 116 Å². The zero-order chi connectivity index (χ0) is 14.6. The molecular formula is C16H26N2O. The van der Waals surface area contributed by atoms with Gasteiger partial charge in [-0.15, -0.1) is 0 Å². The van der Waals surface area contributed by atoms with Crippen LogP contribution in [0.3, 0.4) is 0 Å². The Morgan fingerprint density at radius 3 is 2.42 bits per heavy atom. The summed E-state index contributed by atoms with van der Waals surface area (Å²) in [5, 5.41) is 6.10. The van der Waals surface area contributed by atoms with Crippen molar-refractivity contribution in [2.24, 2.45) is 11.3 Å². The van der Waals surface area contributed by atoms with Crippen molar-refractivity contribution in [3.05, 3.63) is 29.3 Å². The van der Waals surface area contributed by atoms with Crippen LogP contribution in [0.1, 0.15) is 43.6 Å². The van der Waals surface area contributed by atoms with Crippen LogP contribution in [0.2, 0.25) is 0 Å². The summed E-state index contributed by atoms with van der Waals surface area (Å²) in [5.41, 5.74) is 2.98. The highest BCUT2D eigenvalue weighted by Gasteiger charge is 2.20. The topological polar surface area (TPSA) is 41.1 Å². The monoisotopic (exact) mass is 262 g/mol. The highest BCUT2D eigenvalue weighted by molar-refractivity contribution is 5.96. The zero-order valence-corrected chi connectivity index (χ0v) is 12.9. The maximum Gasteiger partial charge on any atom is 0.251 e. The molecule has 1 aromatic carbocycles. The van der Waals surface area contributed by atoms with Gasteiger partial charge in [0.05, 0.1) is 0 Å². The lowest BCUT2D eigenvalue weighted by molar-refractivity contribution is 0.0936. The molecule has 3 nitrogen and oxygen atoms in total. The molecule has 0 radical (unpaired) electrons. The van der Waals surface area contributed by atoms with Crippen molar-refractivity contribution in [2.45, 2.75) is 34.6 Å². The number of amides is 1. The average molecular weight is 262 g/mol. The number of nitrogens with one attached hydrogen (secondary N) is 2. The first-order valence-electron chi connectivity index (χ1n) is 6.82. The third-order valence-electron chi connectivity index (χ3n) is 3.81. The van der Waals surface area contributed by atoms with Crippen LogP contribution < -0.4 is 10.6 Å². The van der Waals surface area contributed by atoms with E-state index in [2.05, 4.69) is 38.3 Å². The van der Waals surface area contributed by atoms with E-state index in [1.165, 1.54) is 0 Å². The van der Waals surface area contributed by atoms with E-state index in [4.69, 9.17) is 0 Å². The van der Waals surface area contributed by atoms with Crippen molar-refractivity contribution < 1.29 is 4.79 Å². The summed E-state index contributed by atoms with van der Waals surface area (Å²) >= 11 is 0. The van der Waals surface area contributed by atoms with E-state index in [0.29, 0.717) is 12.5 Å². The first kappa shape index (κ1) is 15.5. The molecule has 0 aliphatic heterocycles. The zero-order valence-electron chi connectivity index (χ0n) is 12.9. The molecule has 0 spiro atoms. The van der Waals surface area contributed by atoms with Crippen LogP contribution in [0.15, 0.2) is 18.2 Å². The van der Waals surface area contributed by atoms with Gasteiger partial charge in [0, 0.05) is 24.8 Å². The van der Waals surface area contributed by atoms with Crippen molar-refractivity contribution in [3.63, 3.8) is 0 Å². The van der Waals surface area contributed by atoms with Gasteiger partial charge in [0.15, 0.2) is 0 Å². The van der Waals surface area contributed by atoms with Crippen molar-refractivity contribution in [2.75, 3.05) is 18.9 Å². The molecule has 1 atom stereocenters. The minimum absolute atomic E-state index is 0.0104. The highest BCUT2D eigenvalue weighted by atomic mass is 16.1. The second kappa shape index (κ2) is 6.09. The fraction of sp³-hybridized carbons (Fsp3) is 0.562. The number of anilines is 1. The number of benzene rings is 1. The van der Waals surface area contributed by atoms with Gasteiger partial charge in [-0.3, -0.25) is 4.79 Å². The highest BCUT2D eigenvalue weighted by Crippen LogP contribution is 2.24. The number of rotatable bonds is 4. The summed E-state index contributed by atoms with van der Waals surface area (Å²) in [6.45, 7) is 11.4. The molecule has 0 heterocycles. The van der Waals surface area contributed by atoms with E-state index < -0.39 is 0 Å². The third kappa shape index (κ3) is 4.27. The number of hydrogen-bond donors (Lipinski definition) is 2. The van der Waals surface area contributed by atoms with Crippen molar-refractivity contribution in [3.8, 4) is 0 Å². The first-order valence-corrected chi connectivity index (χ1v) is 6.82. The van der Waals surface area contributed by atoms with Crippen LogP contribution in [-0.2, 0) is 0 Å². The molecule has 0 aliphatic carbocycles. The second-order valence-corrected chi connectivity index (χ2v) is 6.26. The molecule has 0 bridgehead atoms. The second-order valence-electron chi connectivity index (χ2n) is 6.26. The molecule has 0 aromatic heterocycles. The van der Waals surface area contributed by atoms with Gasteiger partial charge < -0.3 is 10.6 Å².